The molecule has 0 spiro atoms. The highest BCUT2D eigenvalue weighted by Crippen LogP contribution is 1.73. The minimum atomic E-state index is 0.354. The first-order valence-corrected chi connectivity index (χ1v) is 3.98. The summed E-state index contributed by atoms with van der Waals surface area (Å²) in [6.07, 6.45) is 2.47. The van der Waals surface area contributed by atoms with Crippen LogP contribution in [0, 0.1) is 0 Å². The zero-order chi connectivity index (χ0) is 6.41. The topological polar surface area (TPSA) is 24.1 Å². The highest BCUT2D eigenvalue weighted by atomic mass is 28.1. The van der Waals surface area contributed by atoms with Crippen LogP contribution in [0.25, 0.3) is 0 Å². The van der Waals surface area contributed by atoms with Crippen molar-refractivity contribution in [2.24, 2.45) is 0 Å². The van der Waals surface area contributed by atoms with Crippen LogP contribution in [0.5, 0.6) is 0 Å². The Morgan fingerprint density at radius 1 is 1.38 bits per heavy atom. The lowest BCUT2D eigenvalue weighted by Crippen LogP contribution is -2.35. The van der Waals surface area contributed by atoms with Crippen LogP contribution in [0.1, 0.15) is 0 Å². The van der Waals surface area contributed by atoms with Gasteiger partial charge in [-0.2, -0.15) is 0 Å². The quantitative estimate of drug-likeness (QED) is 0.364. The SMILES string of the molecule is CNC(C=C[SiH3])NC. The van der Waals surface area contributed by atoms with E-state index in [1.165, 1.54) is 0 Å². The average molecular weight is 130 g/mol. The van der Waals surface area contributed by atoms with Gasteiger partial charge < -0.3 is 10.6 Å². The molecule has 0 heterocycles. The molecule has 0 aromatic heterocycles. The Kier molecular flexibility index (Phi) is 4.95. The fraction of sp³-hybridized carbons (Fsp3) is 0.600. The molecule has 0 amide bonds. The van der Waals surface area contributed by atoms with E-state index in [9.17, 15) is 0 Å². The Morgan fingerprint density at radius 2 is 1.88 bits per heavy atom. The minimum absolute atomic E-state index is 0.354. The third-order valence-electron chi connectivity index (χ3n) is 1.01. The van der Waals surface area contributed by atoms with E-state index in [0.29, 0.717) is 6.17 Å². The number of nitrogens with one attached hydrogen (secondary N) is 2. The summed E-state index contributed by atoms with van der Waals surface area (Å²) in [5.41, 5.74) is 2.15. The molecule has 2 nitrogen and oxygen atoms in total. The third-order valence-corrected chi connectivity index (χ3v) is 1.39. The fourth-order valence-corrected chi connectivity index (χ4v) is 0.914. The van der Waals surface area contributed by atoms with Gasteiger partial charge in [0, 0.05) is 10.2 Å². The van der Waals surface area contributed by atoms with Crippen molar-refractivity contribution in [1.82, 2.24) is 10.6 Å². The van der Waals surface area contributed by atoms with Crippen molar-refractivity contribution in [2.45, 2.75) is 6.17 Å². The van der Waals surface area contributed by atoms with Crippen molar-refractivity contribution in [3.05, 3.63) is 11.8 Å². The molecule has 0 aliphatic rings. The van der Waals surface area contributed by atoms with Crippen molar-refractivity contribution in [1.29, 1.82) is 0 Å². The molecular formula is C5H14N2Si. The van der Waals surface area contributed by atoms with Crippen molar-refractivity contribution >= 4 is 10.2 Å². The first kappa shape index (κ1) is 7.88. The summed E-state index contributed by atoms with van der Waals surface area (Å²) in [6.45, 7) is 0. The average Bonchev–Trinajstić information content (AvgIpc) is 1.83. The van der Waals surface area contributed by atoms with Crippen molar-refractivity contribution in [3.63, 3.8) is 0 Å². The molecule has 3 heteroatoms. The maximum atomic E-state index is 3.08. The lowest BCUT2D eigenvalue weighted by Gasteiger charge is -2.07. The number of hydrogen-bond acceptors (Lipinski definition) is 2. The summed E-state index contributed by atoms with van der Waals surface area (Å²) < 4.78 is 0. The number of likely N-dealkylation sites (N-methyl/N-ethyl adjacent to an activating group) is 2. The second-order valence-corrected chi connectivity index (χ2v) is 2.25. The van der Waals surface area contributed by atoms with Crippen LogP contribution in [-0.4, -0.2) is 30.5 Å². The van der Waals surface area contributed by atoms with Crippen LogP contribution in [0.4, 0.5) is 0 Å². The van der Waals surface area contributed by atoms with Gasteiger partial charge in [-0.25, -0.2) is 0 Å². The Hall–Kier alpha value is -0.123. The molecule has 0 fully saturated rings. The Morgan fingerprint density at radius 3 is 2.00 bits per heavy atom. The zero-order valence-corrected chi connectivity index (χ0v) is 7.73. The molecule has 0 atom stereocenters. The molecule has 8 heavy (non-hydrogen) atoms. The van der Waals surface area contributed by atoms with Gasteiger partial charge in [-0.3, -0.25) is 0 Å². The predicted molar refractivity (Wildman–Crippen MR) is 41.0 cm³/mol. The van der Waals surface area contributed by atoms with E-state index in [0.717, 1.165) is 10.2 Å². The largest absolute Gasteiger partial charge is 0.302 e. The van der Waals surface area contributed by atoms with E-state index >= 15 is 0 Å². The van der Waals surface area contributed by atoms with Gasteiger partial charge >= 0.3 is 0 Å². The smallest absolute Gasteiger partial charge is 0.0755 e. The van der Waals surface area contributed by atoms with Gasteiger partial charge in [-0.05, 0) is 14.1 Å². The maximum Gasteiger partial charge on any atom is 0.0755 e. The van der Waals surface area contributed by atoms with Gasteiger partial charge in [0.05, 0.1) is 6.17 Å². The van der Waals surface area contributed by atoms with Crippen LogP contribution in [-0.2, 0) is 0 Å². The summed E-state index contributed by atoms with van der Waals surface area (Å²) in [5, 5.41) is 6.15. The Labute approximate surface area is 53.8 Å². The van der Waals surface area contributed by atoms with Crippen molar-refractivity contribution in [2.75, 3.05) is 14.1 Å². The Balaban J connectivity index is 3.36. The van der Waals surface area contributed by atoms with E-state index in [-0.39, 0.29) is 0 Å². The van der Waals surface area contributed by atoms with E-state index in [4.69, 9.17) is 0 Å². The van der Waals surface area contributed by atoms with Crippen LogP contribution in [0.3, 0.4) is 0 Å². The fourth-order valence-electron chi connectivity index (χ4n) is 0.529. The maximum absolute atomic E-state index is 3.08. The summed E-state index contributed by atoms with van der Waals surface area (Å²) >= 11 is 0. The molecule has 2 N–H and O–H groups in total. The number of rotatable bonds is 3. The normalized spacial score (nSPS) is 11.9. The molecule has 0 aliphatic carbocycles. The number of hydrogen-bond donors (Lipinski definition) is 2. The summed E-state index contributed by atoms with van der Waals surface area (Å²) in [7, 11) is 5.00. The van der Waals surface area contributed by atoms with Crippen LogP contribution < -0.4 is 10.6 Å². The third kappa shape index (κ3) is 2.96. The van der Waals surface area contributed by atoms with E-state index in [1.54, 1.807) is 0 Å². The van der Waals surface area contributed by atoms with Crippen LogP contribution in [0.2, 0.25) is 0 Å². The Bertz CT molecular complexity index is 68.8. The molecule has 0 bridgehead atoms. The van der Waals surface area contributed by atoms with E-state index < -0.39 is 0 Å². The molecule has 0 aliphatic heterocycles. The van der Waals surface area contributed by atoms with Gasteiger partial charge in [-0.15, -0.1) is 5.70 Å². The lowest BCUT2D eigenvalue weighted by atomic mass is 10.5. The highest BCUT2D eigenvalue weighted by molar-refractivity contribution is 6.17. The minimum Gasteiger partial charge on any atom is -0.302 e. The highest BCUT2D eigenvalue weighted by Gasteiger charge is 1.90. The second-order valence-electron chi connectivity index (χ2n) is 1.58. The van der Waals surface area contributed by atoms with Gasteiger partial charge in [0.15, 0.2) is 0 Å². The summed E-state index contributed by atoms with van der Waals surface area (Å²) in [5.74, 6) is 0. The molecule has 0 saturated carbocycles. The van der Waals surface area contributed by atoms with Crippen LogP contribution >= 0.6 is 0 Å². The van der Waals surface area contributed by atoms with Crippen LogP contribution in [0.15, 0.2) is 11.8 Å². The van der Waals surface area contributed by atoms with Gasteiger partial charge in [0.25, 0.3) is 0 Å². The molecule has 0 radical (unpaired) electrons. The molecule has 0 unspecified atom stereocenters. The first-order valence-electron chi connectivity index (χ1n) is 2.82. The van der Waals surface area contributed by atoms with Gasteiger partial charge in [0.2, 0.25) is 0 Å². The molecule has 48 valence electrons. The zero-order valence-electron chi connectivity index (χ0n) is 5.73. The molecule has 0 aromatic rings. The lowest BCUT2D eigenvalue weighted by molar-refractivity contribution is 0.588. The summed E-state index contributed by atoms with van der Waals surface area (Å²) in [6, 6.07) is 0. The van der Waals surface area contributed by atoms with Crippen molar-refractivity contribution in [3.8, 4) is 0 Å². The van der Waals surface area contributed by atoms with E-state index in [1.807, 2.05) is 14.1 Å². The molecule has 0 saturated heterocycles. The van der Waals surface area contributed by atoms with Gasteiger partial charge in [0.1, 0.15) is 0 Å². The second kappa shape index (κ2) is 5.02. The first-order chi connectivity index (χ1) is 3.85. The predicted octanol–water partition coefficient (Wildman–Crippen LogP) is -1.37. The molecular weight excluding hydrogens is 116 g/mol. The van der Waals surface area contributed by atoms with Gasteiger partial charge in [-0.1, -0.05) is 6.08 Å². The van der Waals surface area contributed by atoms with E-state index in [2.05, 4.69) is 22.4 Å². The van der Waals surface area contributed by atoms with Crippen molar-refractivity contribution < 1.29 is 0 Å². The molecule has 0 rings (SSSR count). The standard InChI is InChI=1S/C5H14N2Si/c1-6-5(7-2)3-4-8/h3-7H,1-2,8H3. The summed E-state index contributed by atoms with van der Waals surface area (Å²) in [4.78, 5) is 0. The monoisotopic (exact) mass is 130 g/mol. The molecule has 0 aromatic carbocycles.